The second kappa shape index (κ2) is 7.22. The highest BCUT2D eigenvalue weighted by Crippen LogP contribution is 2.42. The molecule has 6 heteroatoms. The first-order valence-electron chi connectivity index (χ1n) is 9.57. The van der Waals surface area contributed by atoms with Crippen molar-refractivity contribution in [2.24, 2.45) is 5.92 Å². The summed E-state index contributed by atoms with van der Waals surface area (Å²) in [5, 5.41) is 11.2. The SMILES string of the molecule is Cc1c([C@@H]2c3[nH]c4ccccc4c3C[C@@H](C)N2C[C@@H](C)C(=O)O)ccnc1Cl. The van der Waals surface area contributed by atoms with E-state index < -0.39 is 11.9 Å². The molecule has 146 valence electrons. The zero-order chi connectivity index (χ0) is 20.0. The first kappa shape index (κ1) is 19.0. The van der Waals surface area contributed by atoms with E-state index in [4.69, 9.17) is 11.6 Å². The summed E-state index contributed by atoms with van der Waals surface area (Å²) in [7, 11) is 0. The van der Waals surface area contributed by atoms with Gasteiger partial charge in [0.05, 0.1) is 12.0 Å². The summed E-state index contributed by atoms with van der Waals surface area (Å²) in [4.78, 5) is 21.7. The Labute approximate surface area is 169 Å². The third kappa shape index (κ3) is 3.09. The van der Waals surface area contributed by atoms with Crippen LogP contribution in [0.1, 0.15) is 42.3 Å². The van der Waals surface area contributed by atoms with Crippen LogP contribution in [0.3, 0.4) is 0 Å². The molecule has 2 aromatic heterocycles. The zero-order valence-electron chi connectivity index (χ0n) is 16.2. The molecule has 5 nitrogen and oxygen atoms in total. The highest BCUT2D eigenvalue weighted by Gasteiger charge is 2.37. The Bertz CT molecular complexity index is 1050. The summed E-state index contributed by atoms with van der Waals surface area (Å²) in [5.41, 5.74) is 5.54. The molecule has 28 heavy (non-hydrogen) atoms. The number of halogens is 1. The molecule has 3 aromatic rings. The van der Waals surface area contributed by atoms with E-state index in [1.807, 2.05) is 19.1 Å². The lowest BCUT2D eigenvalue weighted by Crippen LogP contribution is -2.46. The molecular formula is C22H24ClN3O2. The van der Waals surface area contributed by atoms with Crippen molar-refractivity contribution in [3.05, 3.63) is 64.1 Å². The van der Waals surface area contributed by atoms with E-state index in [-0.39, 0.29) is 12.1 Å². The first-order chi connectivity index (χ1) is 13.4. The predicted molar refractivity (Wildman–Crippen MR) is 111 cm³/mol. The maximum atomic E-state index is 11.6. The van der Waals surface area contributed by atoms with Crippen LogP contribution in [0.4, 0.5) is 0 Å². The number of pyridine rings is 1. The van der Waals surface area contributed by atoms with Crippen molar-refractivity contribution in [1.29, 1.82) is 0 Å². The fourth-order valence-electron chi connectivity index (χ4n) is 4.34. The van der Waals surface area contributed by atoms with Crippen molar-refractivity contribution in [2.45, 2.75) is 39.3 Å². The molecule has 0 aliphatic carbocycles. The first-order valence-corrected chi connectivity index (χ1v) is 9.95. The largest absolute Gasteiger partial charge is 0.481 e. The molecule has 1 aromatic carbocycles. The number of carboxylic acid groups (broad SMARTS) is 1. The third-order valence-corrected chi connectivity index (χ3v) is 6.28. The smallest absolute Gasteiger partial charge is 0.307 e. The summed E-state index contributed by atoms with van der Waals surface area (Å²) in [6.07, 6.45) is 2.60. The number of rotatable bonds is 4. The van der Waals surface area contributed by atoms with Crippen LogP contribution in [0.2, 0.25) is 5.15 Å². The summed E-state index contributed by atoms with van der Waals surface area (Å²) in [6, 6.07) is 10.4. The van der Waals surface area contributed by atoms with Crippen LogP contribution >= 0.6 is 11.6 Å². The molecule has 0 spiro atoms. The highest BCUT2D eigenvalue weighted by molar-refractivity contribution is 6.30. The van der Waals surface area contributed by atoms with Gasteiger partial charge in [0.2, 0.25) is 0 Å². The summed E-state index contributed by atoms with van der Waals surface area (Å²) in [6.45, 7) is 6.38. The van der Waals surface area contributed by atoms with Crippen molar-refractivity contribution in [3.63, 3.8) is 0 Å². The van der Waals surface area contributed by atoms with Gasteiger partial charge in [0, 0.05) is 35.4 Å². The number of para-hydroxylation sites is 1. The number of hydrogen-bond donors (Lipinski definition) is 2. The Kier molecular flexibility index (Phi) is 4.89. The maximum absolute atomic E-state index is 11.6. The highest BCUT2D eigenvalue weighted by atomic mass is 35.5. The molecule has 3 atom stereocenters. The number of fused-ring (bicyclic) bond motifs is 3. The van der Waals surface area contributed by atoms with Gasteiger partial charge >= 0.3 is 5.97 Å². The summed E-state index contributed by atoms with van der Waals surface area (Å²) in [5.74, 6) is -1.24. The zero-order valence-corrected chi connectivity index (χ0v) is 17.0. The minimum atomic E-state index is -0.780. The van der Waals surface area contributed by atoms with Gasteiger partial charge < -0.3 is 10.1 Å². The molecule has 2 N–H and O–H groups in total. The fraction of sp³-hybridized carbons (Fsp3) is 0.364. The van der Waals surface area contributed by atoms with Gasteiger partial charge in [0.25, 0.3) is 0 Å². The van der Waals surface area contributed by atoms with Gasteiger partial charge in [-0.3, -0.25) is 9.69 Å². The van der Waals surface area contributed by atoms with Crippen LogP contribution in [0.5, 0.6) is 0 Å². The van der Waals surface area contributed by atoms with Crippen LogP contribution in [0, 0.1) is 12.8 Å². The van der Waals surface area contributed by atoms with Crippen LogP contribution in [-0.2, 0) is 11.2 Å². The molecule has 0 radical (unpaired) electrons. The van der Waals surface area contributed by atoms with Crippen molar-refractivity contribution in [3.8, 4) is 0 Å². The fourth-order valence-corrected chi connectivity index (χ4v) is 4.51. The topological polar surface area (TPSA) is 69.2 Å². The van der Waals surface area contributed by atoms with Crippen LogP contribution in [0.25, 0.3) is 10.9 Å². The number of H-pyrrole nitrogens is 1. The summed E-state index contributed by atoms with van der Waals surface area (Å²) >= 11 is 6.35. The second-order valence-electron chi connectivity index (χ2n) is 7.77. The molecule has 4 rings (SSSR count). The van der Waals surface area contributed by atoms with E-state index in [0.29, 0.717) is 11.7 Å². The van der Waals surface area contributed by atoms with Gasteiger partial charge in [0.1, 0.15) is 5.15 Å². The number of aliphatic carboxylic acids is 1. The van der Waals surface area contributed by atoms with Crippen molar-refractivity contribution in [1.82, 2.24) is 14.9 Å². The number of nitrogens with zero attached hydrogens (tertiary/aromatic N) is 2. The minimum Gasteiger partial charge on any atom is -0.481 e. The molecule has 0 unspecified atom stereocenters. The number of aromatic nitrogens is 2. The molecule has 1 aliphatic rings. The molecule has 0 saturated heterocycles. The van der Waals surface area contributed by atoms with Crippen LogP contribution in [0.15, 0.2) is 36.5 Å². The maximum Gasteiger partial charge on any atom is 0.307 e. The standard InChI is InChI=1S/C22H24ClN3O2/c1-12(22(27)28)11-26-13(2)10-17-16-6-4-5-7-18(16)25-19(17)20(26)15-8-9-24-21(23)14(15)3/h4-9,12-13,20,25H,10-11H2,1-3H3,(H,27,28)/t12-,13-,20-/m1/s1. The Morgan fingerprint density at radius 2 is 2.14 bits per heavy atom. The van der Waals surface area contributed by atoms with Crippen molar-refractivity contribution < 1.29 is 9.90 Å². The van der Waals surface area contributed by atoms with E-state index >= 15 is 0 Å². The number of nitrogens with one attached hydrogen (secondary N) is 1. The molecule has 0 fully saturated rings. The number of hydrogen-bond acceptors (Lipinski definition) is 3. The number of carboxylic acids is 1. The monoisotopic (exact) mass is 397 g/mol. The van der Waals surface area contributed by atoms with Gasteiger partial charge in [-0.1, -0.05) is 36.7 Å². The van der Waals surface area contributed by atoms with E-state index in [0.717, 1.165) is 28.8 Å². The van der Waals surface area contributed by atoms with E-state index in [1.54, 1.807) is 13.1 Å². The van der Waals surface area contributed by atoms with Gasteiger partial charge in [0.15, 0.2) is 0 Å². The predicted octanol–water partition coefficient (Wildman–Crippen LogP) is 4.58. The molecule has 0 amide bonds. The Morgan fingerprint density at radius 3 is 2.89 bits per heavy atom. The van der Waals surface area contributed by atoms with Gasteiger partial charge in [-0.15, -0.1) is 0 Å². The Morgan fingerprint density at radius 1 is 1.39 bits per heavy atom. The Balaban J connectivity index is 1.92. The average molecular weight is 398 g/mol. The third-order valence-electron chi connectivity index (χ3n) is 5.90. The van der Waals surface area contributed by atoms with Gasteiger partial charge in [-0.25, -0.2) is 4.98 Å². The average Bonchev–Trinajstić information content (AvgIpc) is 3.03. The van der Waals surface area contributed by atoms with Crippen molar-refractivity contribution >= 4 is 28.5 Å². The molecule has 1 aliphatic heterocycles. The number of aromatic amines is 1. The summed E-state index contributed by atoms with van der Waals surface area (Å²) < 4.78 is 0. The number of benzene rings is 1. The molecular weight excluding hydrogens is 374 g/mol. The van der Waals surface area contributed by atoms with E-state index in [1.165, 1.54) is 10.9 Å². The normalized spacial score (nSPS) is 20.9. The molecule has 0 bridgehead atoms. The minimum absolute atomic E-state index is 0.0894. The van der Waals surface area contributed by atoms with Gasteiger partial charge in [-0.05, 0) is 49.1 Å². The van der Waals surface area contributed by atoms with Crippen LogP contribution < -0.4 is 0 Å². The lowest BCUT2D eigenvalue weighted by Gasteiger charge is -2.42. The lowest BCUT2D eigenvalue weighted by atomic mass is 9.87. The number of carbonyl (C=O) groups is 1. The van der Waals surface area contributed by atoms with E-state index in [9.17, 15) is 9.90 Å². The Hall–Kier alpha value is -2.37. The lowest BCUT2D eigenvalue weighted by molar-refractivity contribution is -0.142. The quantitative estimate of drug-likeness (QED) is 0.632. The van der Waals surface area contributed by atoms with Gasteiger partial charge in [-0.2, -0.15) is 0 Å². The molecule has 3 heterocycles. The van der Waals surface area contributed by atoms with Crippen molar-refractivity contribution in [2.75, 3.05) is 6.54 Å². The second-order valence-corrected chi connectivity index (χ2v) is 8.13. The van der Waals surface area contributed by atoms with E-state index in [2.05, 4.69) is 40.0 Å². The van der Waals surface area contributed by atoms with Crippen LogP contribution in [-0.4, -0.2) is 38.5 Å². The molecule has 0 saturated carbocycles.